The van der Waals surface area contributed by atoms with Gasteiger partial charge in [-0.25, -0.2) is 0 Å². The van der Waals surface area contributed by atoms with Gasteiger partial charge in [-0.1, -0.05) is 98.3 Å². The van der Waals surface area contributed by atoms with E-state index in [0.717, 1.165) is 6.61 Å². The number of fused-ring (bicyclic) bond motifs is 5. The first kappa shape index (κ1) is 22.9. The monoisotopic (exact) mass is 456 g/mol. The predicted molar refractivity (Wildman–Crippen MR) is 143 cm³/mol. The molecule has 3 aliphatic rings. The van der Waals surface area contributed by atoms with E-state index in [1.54, 1.807) is 16.7 Å². The SMILES string of the molecule is CC(C)(C)OCCCCCCC1=CC2(C=C1)CC1(c3ccccc3-c3ccccc31)[Si]2(C)C. The van der Waals surface area contributed by atoms with Crippen molar-refractivity contribution in [2.75, 3.05) is 6.61 Å². The highest BCUT2D eigenvalue weighted by molar-refractivity contribution is 6.88. The lowest BCUT2D eigenvalue weighted by atomic mass is 9.83. The fourth-order valence-electron chi connectivity index (χ4n) is 6.86. The topological polar surface area (TPSA) is 9.23 Å². The largest absolute Gasteiger partial charge is 0.376 e. The molecule has 0 bridgehead atoms. The molecule has 0 amide bonds. The molecule has 2 spiro atoms. The maximum atomic E-state index is 5.86. The van der Waals surface area contributed by atoms with Gasteiger partial charge in [0.25, 0.3) is 0 Å². The Morgan fingerprint density at radius 3 is 2.06 bits per heavy atom. The Hall–Kier alpha value is -1.90. The van der Waals surface area contributed by atoms with E-state index in [4.69, 9.17) is 4.74 Å². The Morgan fingerprint density at radius 1 is 0.848 bits per heavy atom. The Bertz CT molecular complexity index is 1050. The van der Waals surface area contributed by atoms with Crippen molar-refractivity contribution >= 4 is 8.07 Å². The van der Waals surface area contributed by atoms with Gasteiger partial charge < -0.3 is 4.74 Å². The van der Waals surface area contributed by atoms with E-state index < -0.39 is 8.07 Å². The van der Waals surface area contributed by atoms with Crippen LogP contribution in [0.15, 0.2) is 72.3 Å². The van der Waals surface area contributed by atoms with E-state index in [-0.39, 0.29) is 10.6 Å². The number of benzene rings is 2. The predicted octanol–water partition coefficient (Wildman–Crippen LogP) is 8.61. The molecule has 2 aliphatic carbocycles. The molecule has 1 aliphatic heterocycles. The second kappa shape index (κ2) is 8.10. The normalized spacial score (nSPS) is 23.5. The molecule has 33 heavy (non-hydrogen) atoms. The van der Waals surface area contributed by atoms with E-state index in [9.17, 15) is 0 Å². The summed E-state index contributed by atoms with van der Waals surface area (Å²) >= 11 is 0. The van der Waals surface area contributed by atoms with Crippen molar-refractivity contribution in [3.05, 3.63) is 83.5 Å². The number of allylic oxidation sites excluding steroid dienone is 4. The Morgan fingerprint density at radius 2 is 1.45 bits per heavy atom. The average Bonchev–Trinajstić information content (AvgIpc) is 3.34. The van der Waals surface area contributed by atoms with Crippen LogP contribution in [0, 0.1) is 0 Å². The molecule has 1 fully saturated rings. The smallest absolute Gasteiger partial charge is 0.0792 e. The van der Waals surface area contributed by atoms with Crippen LogP contribution in [0.5, 0.6) is 0 Å². The van der Waals surface area contributed by atoms with Gasteiger partial charge in [0.2, 0.25) is 0 Å². The van der Waals surface area contributed by atoms with Gasteiger partial charge in [0.1, 0.15) is 0 Å². The lowest BCUT2D eigenvalue weighted by Gasteiger charge is -2.65. The van der Waals surface area contributed by atoms with Gasteiger partial charge in [-0.3, -0.25) is 0 Å². The fourth-order valence-corrected chi connectivity index (χ4v) is 11.6. The molecule has 174 valence electrons. The summed E-state index contributed by atoms with van der Waals surface area (Å²) in [6, 6.07) is 18.4. The van der Waals surface area contributed by atoms with Crippen LogP contribution in [0.1, 0.15) is 70.4 Å². The van der Waals surface area contributed by atoms with Gasteiger partial charge in [-0.05, 0) is 68.7 Å². The third-order valence-corrected chi connectivity index (χ3v) is 14.4. The zero-order valence-corrected chi connectivity index (χ0v) is 22.2. The van der Waals surface area contributed by atoms with Gasteiger partial charge in [0.15, 0.2) is 0 Å². The van der Waals surface area contributed by atoms with Gasteiger partial charge >= 0.3 is 0 Å². The molecule has 0 N–H and O–H groups in total. The molecular weight excluding hydrogens is 416 g/mol. The first-order chi connectivity index (χ1) is 15.7. The number of hydrogen-bond donors (Lipinski definition) is 0. The van der Waals surface area contributed by atoms with Crippen LogP contribution in [0.3, 0.4) is 0 Å². The Labute approximate surface area is 202 Å². The van der Waals surface area contributed by atoms with Crippen molar-refractivity contribution in [2.45, 2.75) is 88.1 Å². The second-order valence-electron chi connectivity index (χ2n) is 12.0. The molecular formula is C31H40OSi. The summed E-state index contributed by atoms with van der Waals surface area (Å²) in [5.74, 6) is 0. The van der Waals surface area contributed by atoms with Crippen LogP contribution in [0.25, 0.3) is 11.1 Å². The van der Waals surface area contributed by atoms with Crippen LogP contribution < -0.4 is 0 Å². The van der Waals surface area contributed by atoms with Gasteiger partial charge in [0, 0.05) is 16.7 Å². The highest BCUT2D eigenvalue weighted by Gasteiger charge is 2.71. The van der Waals surface area contributed by atoms with Crippen molar-refractivity contribution in [2.24, 2.45) is 0 Å². The summed E-state index contributed by atoms with van der Waals surface area (Å²) in [5, 5.41) is 0.566. The minimum absolute atomic E-state index is 0.00898. The van der Waals surface area contributed by atoms with Crippen molar-refractivity contribution in [1.29, 1.82) is 0 Å². The zero-order chi connectivity index (χ0) is 23.3. The first-order valence-electron chi connectivity index (χ1n) is 12.9. The molecule has 1 unspecified atom stereocenters. The average molecular weight is 457 g/mol. The van der Waals surface area contributed by atoms with Crippen LogP contribution in [-0.4, -0.2) is 20.3 Å². The molecule has 1 nitrogen and oxygen atoms in total. The molecule has 1 heterocycles. The minimum Gasteiger partial charge on any atom is -0.376 e. The summed E-state index contributed by atoms with van der Waals surface area (Å²) in [5.41, 5.74) is 7.72. The van der Waals surface area contributed by atoms with E-state index >= 15 is 0 Å². The fraction of sp³-hybridized carbons (Fsp3) is 0.484. The highest BCUT2D eigenvalue weighted by Crippen LogP contribution is 2.74. The molecule has 2 heteroatoms. The van der Waals surface area contributed by atoms with Crippen LogP contribution in [0.2, 0.25) is 18.1 Å². The maximum absolute atomic E-state index is 5.86. The Balaban J connectivity index is 1.27. The summed E-state index contributed by atoms with van der Waals surface area (Å²) in [6.45, 7) is 12.6. The molecule has 0 radical (unpaired) electrons. The van der Waals surface area contributed by atoms with Crippen LogP contribution >= 0.6 is 0 Å². The molecule has 0 saturated carbocycles. The molecule has 2 aromatic carbocycles. The molecule has 1 atom stereocenters. The maximum Gasteiger partial charge on any atom is 0.0792 e. The number of unbranched alkanes of at least 4 members (excludes halogenated alkanes) is 3. The molecule has 5 rings (SSSR count). The second-order valence-corrected chi connectivity index (χ2v) is 17.1. The van der Waals surface area contributed by atoms with E-state index in [0.29, 0.717) is 5.04 Å². The molecule has 2 aromatic rings. The Kier molecular flexibility index (Phi) is 5.61. The van der Waals surface area contributed by atoms with Crippen LogP contribution in [-0.2, 0) is 9.78 Å². The molecule has 0 aromatic heterocycles. The lowest BCUT2D eigenvalue weighted by molar-refractivity contribution is -0.00473. The van der Waals surface area contributed by atoms with Crippen LogP contribution in [0.4, 0.5) is 0 Å². The number of ether oxygens (including phenoxy) is 1. The lowest BCUT2D eigenvalue weighted by Crippen LogP contribution is -2.69. The number of rotatable bonds is 7. The van der Waals surface area contributed by atoms with E-state index in [1.165, 1.54) is 49.7 Å². The van der Waals surface area contributed by atoms with Crippen molar-refractivity contribution in [1.82, 2.24) is 0 Å². The van der Waals surface area contributed by atoms with E-state index in [2.05, 4.69) is 101 Å². The number of hydrogen-bond acceptors (Lipinski definition) is 1. The van der Waals surface area contributed by atoms with Gasteiger partial charge in [0.05, 0.1) is 13.7 Å². The first-order valence-corrected chi connectivity index (χ1v) is 15.9. The third kappa shape index (κ3) is 3.53. The van der Waals surface area contributed by atoms with Crippen molar-refractivity contribution < 1.29 is 4.74 Å². The molecule has 1 saturated heterocycles. The summed E-state index contributed by atoms with van der Waals surface area (Å²) in [7, 11) is -1.69. The van der Waals surface area contributed by atoms with Gasteiger partial charge in [-0.2, -0.15) is 0 Å². The van der Waals surface area contributed by atoms with Crippen molar-refractivity contribution in [3.8, 4) is 11.1 Å². The van der Waals surface area contributed by atoms with E-state index in [1.807, 2.05) is 0 Å². The van der Waals surface area contributed by atoms with Crippen molar-refractivity contribution in [3.63, 3.8) is 0 Å². The highest BCUT2D eigenvalue weighted by atomic mass is 28.3. The summed E-state index contributed by atoms with van der Waals surface area (Å²) < 4.78 is 5.86. The summed E-state index contributed by atoms with van der Waals surface area (Å²) in [4.78, 5) is 0. The zero-order valence-electron chi connectivity index (χ0n) is 21.2. The quantitative estimate of drug-likeness (QED) is 0.299. The minimum atomic E-state index is -1.69. The standard InChI is InChI=1S/C31H40OSi/c1-29(2,3)32-21-13-7-6-8-14-24-19-20-30(22-24)23-31(33(30,4)5)27-17-11-9-15-25(27)26-16-10-12-18-28(26)31/h9-12,15-20,22H,6-8,13-14,21,23H2,1-5H3. The summed E-state index contributed by atoms with van der Waals surface area (Å²) in [6.07, 6.45) is 15.3. The van der Waals surface area contributed by atoms with Gasteiger partial charge in [-0.15, -0.1) is 0 Å². The third-order valence-electron chi connectivity index (χ3n) is 8.78.